The highest BCUT2D eigenvalue weighted by Gasteiger charge is 2.10. The maximum atomic E-state index is 11.8. The molecule has 0 aromatic rings. The zero-order chi connectivity index (χ0) is 18.6. The fourth-order valence-electron chi connectivity index (χ4n) is 1.90. The van der Waals surface area contributed by atoms with Crippen molar-refractivity contribution in [2.45, 2.75) is 38.5 Å². The van der Waals surface area contributed by atoms with Crippen molar-refractivity contribution in [3.63, 3.8) is 0 Å². The normalized spacial score (nSPS) is 12.4. The fourth-order valence-corrected chi connectivity index (χ4v) is 4.21. The van der Waals surface area contributed by atoms with E-state index in [9.17, 15) is 9.59 Å². The van der Waals surface area contributed by atoms with E-state index in [1.807, 2.05) is 0 Å². The number of carbonyl (C=O) groups is 2. The highest BCUT2D eigenvalue weighted by molar-refractivity contribution is 8.13. The standard InChI is InChI=1S/C18H38N2O2S2/c1-19(2,3)13-15-23-17(21)11-9-7-8-10-12-18(22)24-16-14-20(4,5)6/h7-16H2,1-6H3/q+2. The summed E-state index contributed by atoms with van der Waals surface area (Å²) in [5.74, 6) is 1.81. The molecule has 4 nitrogen and oxygen atoms in total. The van der Waals surface area contributed by atoms with Gasteiger partial charge in [0.1, 0.15) is 0 Å². The van der Waals surface area contributed by atoms with Crippen LogP contribution in [0.25, 0.3) is 0 Å². The molecule has 0 heterocycles. The van der Waals surface area contributed by atoms with Crippen molar-refractivity contribution < 1.29 is 18.6 Å². The van der Waals surface area contributed by atoms with Gasteiger partial charge in [0, 0.05) is 12.8 Å². The summed E-state index contributed by atoms with van der Waals surface area (Å²) in [6, 6.07) is 0. The maximum absolute atomic E-state index is 11.8. The Kier molecular flexibility index (Phi) is 12.3. The molecule has 0 aromatic carbocycles. The van der Waals surface area contributed by atoms with Gasteiger partial charge >= 0.3 is 0 Å². The second-order valence-electron chi connectivity index (χ2n) is 8.38. The number of nitrogens with zero attached hydrogens (tertiary/aromatic N) is 2. The van der Waals surface area contributed by atoms with Gasteiger partial charge in [0.05, 0.1) is 66.9 Å². The van der Waals surface area contributed by atoms with Crippen LogP contribution in [0.5, 0.6) is 0 Å². The summed E-state index contributed by atoms with van der Waals surface area (Å²) in [5.41, 5.74) is 0. The lowest BCUT2D eigenvalue weighted by Crippen LogP contribution is -2.36. The monoisotopic (exact) mass is 378 g/mol. The van der Waals surface area contributed by atoms with Crippen LogP contribution in [-0.4, -0.2) is 86.1 Å². The molecule has 0 aliphatic heterocycles. The molecule has 0 unspecified atom stereocenters. The summed E-state index contributed by atoms with van der Waals surface area (Å²) in [4.78, 5) is 23.5. The van der Waals surface area contributed by atoms with Gasteiger partial charge in [-0.15, -0.1) is 0 Å². The number of quaternary nitrogens is 2. The molecular formula is C18H38N2O2S2+2. The van der Waals surface area contributed by atoms with Crippen molar-refractivity contribution in [1.82, 2.24) is 0 Å². The van der Waals surface area contributed by atoms with Crippen LogP contribution in [0.2, 0.25) is 0 Å². The topological polar surface area (TPSA) is 34.1 Å². The van der Waals surface area contributed by atoms with Gasteiger partial charge in [-0.25, -0.2) is 0 Å². The summed E-state index contributed by atoms with van der Waals surface area (Å²) >= 11 is 2.94. The van der Waals surface area contributed by atoms with E-state index < -0.39 is 0 Å². The van der Waals surface area contributed by atoms with Gasteiger partial charge < -0.3 is 8.97 Å². The van der Waals surface area contributed by atoms with Crippen molar-refractivity contribution in [3.8, 4) is 0 Å². The Bertz CT molecular complexity index is 338. The molecule has 0 radical (unpaired) electrons. The van der Waals surface area contributed by atoms with Gasteiger partial charge in [-0.05, 0) is 12.8 Å². The SMILES string of the molecule is C[N+](C)(C)CCSC(=O)CCCCCCC(=O)SCC[N+](C)(C)C. The van der Waals surface area contributed by atoms with Crippen LogP contribution in [0.15, 0.2) is 0 Å². The maximum Gasteiger partial charge on any atom is 0.189 e. The van der Waals surface area contributed by atoms with Crippen molar-refractivity contribution >= 4 is 33.8 Å². The van der Waals surface area contributed by atoms with Gasteiger partial charge in [-0.1, -0.05) is 36.4 Å². The van der Waals surface area contributed by atoms with E-state index in [-0.39, 0.29) is 0 Å². The Morgan fingerprint density at radius 3 is 1.25 bits per heavy atom. The van der Waals surface area contributed by atoms with E-state index in [1.54, 1.807) is 0 Å². The molecule has 0 saturated heterocycles. The third-order valence-corrected chi connectivity index (χ3v) is 5.39. The van der Waals surface area contributed by atoms with Gasteiger partial charge in [0.2, 0.25) is 0 Å². The number of carbonyl (C=O) groups excluding carboxylic acids is 2. The van der Waals surface area contributed by atoms with Gasteiger partial charge in [-0.2, -0.15) is 0 Å². The van der Waals surface area contributed by atoms with Crippen LogP contribution < -0.4 is 0 Å². The number of rotatable bonds is 13. The Hall–Kier alpha value is -0.0400. The summed E-state index contributed by atoms with van der Waals surface area (Å²) in [5, 5.41) is 0.630. The summed E-state index contributed by atoms with van der Waals surface area (Å²) in [6.07, 6.45) is 5.37. The smallest absolute Gasteiger partial charge is 0.189 e. The summed E-state index contributed by atoms with van der Waals surface area (Å²) < 4.78 is 1.81. The Balaban J connectivity index is 3.47. The molecule has 0 bridgehead atoms. The lowest BCUT2D eigenvalue weighted by molar-refractivity contribution is -0.867. The zero-order valence-corrected chi connectivity index (χ0v) is 18.2. The molecule has 0 atom stereocenters. The van der Waals surface area contributed by atoms with E-state index in [2.05, 4.69) is 42.3 Å². The summed E-state index contributed by atoms with van der Waals surface area (Å²) in [7, 11) is 12.9. The molecule has 0 rings (SSSR count). The van der Waals surface area contributed by atoms with Gasteiger partial charge in [-0.3, -0.25) is 9.59 Å². The van der Waals surface area contributed by atoms with E-state index in [0.717, 1.165) is 59.2 Å². The van der Waals surface area contributed by atoms with E-state index in [1.165, 1.54) is 23.5 Å². The van der Waals surface area contributed by atoms with Crippen molar-refractivity contribution in [3.05, 3.63) is 0 Å². The molecule has 0 aliphatic rings. The highest BCUT2D eigenvalue weighted by Crippen LogP contribution is 2.14. The lowest BCUT2D eigenvalue weighted by Gasteiger charge is -2.23. The Morgan fingerprint density at radius 2 is 0.958 bits per heavy atom. The van der Waals surface area contributed by atoms with Crippen LogP contribution in [0.4, 0.5) is 0 Å². The highest BCUT2D eigenvalue weighted by atomic mass is 32.2. The quantitative estimate of drug-likeness (QED) is 0.364. The average Bonchev–Trinajstić information content (AvgIpc) is 2.39. The minimum absolute atomic E-state index is 0.315. The van der Waals surface area contributed by atoms with Crippen molar-refractivity contribution in [2.24, 2.45) is 0 Å². The van der Waals surface area contributed by atoms with Crippen LogP contribution in [0, 0.1) is 0 Å². The second-order valence-corrected chi connectivity index (χ2v) is 10.7. The van der Waals surface area contributed by atoms with E-state index in [4.69, 9.17) is 0 Å². The Labute approximate surface area is 157 Å². The molecular weight excluding hydrogens is 340 g/mol. The molecule has 0 N–H and O–H groups in total. The first kappa shape index (κ1) is 24.0. The summed E-state index contributed by atoms with van der Waals surface area (Å²) in [6.45, 7) is 2.04. The number of unbranched alkanes of at least 4 members (excludes halogenated alkanes) is 3. The molecule has 0 amide bonds. The zero-order valence-electron chi connectivity index (χ0n) is 16.6. The fraction of sp³-hybridized carbons (Fsp3) is 0.889. The Morgan fingerprint density at radius 1 is 0.625 bits per heavy atom. The predicted molar refractivity (Wildman–Crippen MR) is 108 cm³/mol. The van der Waals surface area contributed by atoms with Gasteiger partial charge in [0.15, 0.2) is 10.2 Å². The van der Waals surface area contributed by atoms with Crippen LogP contribution in [-0.2, 0) is 9.59 Å². The molecule has 6 heteroatoms. The molecule has 0 aliphatic carbocycles. The first-order chi connectivity index (χ1) is 11.0. The lowest BCUT2D eigenvalue weighted by atomic mass is 10.1. The minimum atomic E-state index is 0.315. The number of hydrogen-bond acceptors (Lipinski definition) is 4. The average molecular weight is 379 g/mol. The third kappa shape index (κ3) is 18.3. The second kappa shape index (κ2) is 12.3. The molecule has 0 spiro atoms. The molecule has 0 fully saturated rings. The molecule has 142 valence electrons. The van der Waals surface area contributed by atoms with Crippen LogP contribution in [0.3, 0.4) is 0 Å². The van der Waals surface area contributed by atoms with Crippen LogP contribution in [0.1, 0.15) is 38.5 Å². The van der Waals surface area contributed by atoms with Crippen LogP contribution >= 0.6 is 23.5 Å². The molecule has 24 heavy (non-hydrogen) atoms. The van der Waals surface area contributed by atoms with E-state index >= 15 is 0 Å². The van der Waals surface area contributed by atoms with E-state index in [0.29, 0.717) is 23.1 Å². The van der Waals surface area contributed by atoms with Crippen molar-refractivity contribution in [2.75, 3.05) is 66.9 Å². The first-order valence-corrected chi connectivity index (χ1v) is 10.9. The predicted octanol–water partition coefficient (Wildman–Crippen LogP) is 3.26. The number of hydrogen-bond donors (Lipinski definition) is 0. The van der Waals surface area contributed by atoms with Crippen molar-refractivity contribution in [1.29, 1.82) is 0 Å². The first-order valence-electron chi connectivity index (χ1n) is 8.92. The largest absolute Gasteiger partial charge is 0.330 e. The number of thioether (sulfide) groups is 2. The third-order valence-electron chi connectivity index (χ3n) is 3.56. The molecule has 0 saturated carbocycles. The van der Waals surface area contributed by atoms with Gasteiger partial charge in [0.25, 0.3) is 0 Å². The molecule has 0 aromatic heterocycles. The minimum Gasteiger partial charge on any atom is -0.330 e.